The Morgan fingerprint density at radius 3 is 2.71 bits per heavy atom. The Morgan fingerprint density at radius 2 is 2.00 bits per heavy atom. The highest BCUT2D eigenvalue weighted by Gasteiger charge is 2.13. The summed E-state index contributed by atoms with van der Waals surface area (Å²) in [5.74, 6) is 0.995. The second-order valence-corrected chi connectivity index (χ2v) is 6.21. The SMILES string of the molecule is CCCOc1cccc2c1ccn2CCNC(C)(C)CC. The average Bonchev–Trinajstić information content (AvgIpc) is 2.89. The van der Waals surface area contributed by atoms with Crippen molar-refractivity contribution >= 4 is 10.9 Å². The molecule has 0 atom stereocenters. The molecule has 0 saturated carbocycles. The minimum Gasteiger partial charge on any atom is -0.493 e. The lowest BCUT2D eigenvalue weighted by Crippen LogP contribution is -2.40. The van der Waals surface area contributed by atoms with Crippen molar-refractivity contribution in [3.63, 3.8) is 0 Å². The van der Waals surface area contributed by atoms with Crippen LogP contribution in [0.2, 0.25) is 0 Å². The van der Waals surface area contributed by atoms with E-state index in [0.29, 0.717) is 0 Å². The second-order valence-electron chi connectivity index (χ2n) is 6.21. The molecule has 0 aliphatic carbocycles. The molecule has 116 valence electrons. The Hall–Kier alpha value is -1.48. The Balaban J connectivity index is 2.08. The zero-order valence-corrected chi connectivity index (χ0v) is 13.8. The van der Waals surface area contributed by atoms with Crippen LogP contribution in [0.5, 0.6) is 5.75 Å². The summed E-state index contributed by atoms with van der Waals surface area (Å²) in [6.45, 7) is 11.6. The number of hydrogen-bond donors (Lipinski definition) is 1. The van der Waals surface area contributed by atoms with Gasteiger partial charge >= 0.3 is 0 Å². The van der Waals surface area contributed by atoms with Crippen LogP contribution in [0.3, 0.4) is 0 Å². The third kappa shape index (κ3) is 4.01. The predicted octanol–water partition coefficient (Wildman–Crippen LogP) is 4.21. The van der Waals surface area contributed by atoms with Crippen LogP contribution in [0.15, 0.2) is 30.5 Å². The highest BCUT2D eigenvalue weighted by atomic mass is 16.5. The molecule has 0 bridgehead atoms. The third-order valence-corrected chi connectivity index (χ3v) is 4.08. The normalized spacial score (nSPS) is 12.0. The first-order valence-corrected chi connectivity index (χ1v) is 8.03. The van der Waals surface area contributed by atoms with Gasteiger partial charge in [-0.05, 0) is 44.9 Å². The van der Waals surface area contributed by atoms with Gasteiger partial charge in [-0.25, -0.2) is 0 Å². The van der Waals surface area contributed by atoms with Gasteiger partial charge < -0.3 is 14.6 Å². The Labute approximate surface area is 128 Å². The van der Waals surface area contributed by atoms with Crippen molar-refractivity contribution in [2.45, 2.75) is 52.6 Å². The zero-order valence-electron chi connectivity index (χ0n) is 13.8. The molecule has 1 aromatic carbocycles. The molecule has 0 unspecified atom stereocenters. The van der Waals surface area contributed by atoms with Crippen molar-refractivity contribution < 1.29 is 4.74 Å². The maximum absolute atomic E-state index is 5.83. The minimum absolute atomic E-state index is 0.207. The quantitative estimate of drug-likeness (QED) is 0.787. The maximum Gasteiger partial charge on any atom is 0.128 e. The largest absolute Gasteiger partial charge is 0.493 e. The number of hydrogen-bond acceptors (Lipinski definition) is 2. The number of ether oxygens (including phenoxy) is 1. The van der Waals surface area contributed by atoms with E-state index in [0.717, 1.165) is 38.3 Å². The highest BCUT2D eigenvalue weighted by Crippen LogP contribution is 2.26. The first-order chi connectivity index (χ1) is 10.1. The fourth-order valence-electron chi connectivity index (χ4n) is 2.37. The lowest BCUT2D eigenvalue weighted by Gasteiger charge is -2.24. The molecule has 21 heavy (non-hydrogen) atoms. The smallest absolute Gasteiger partial charge is 0.128 e. The molecule has 0 radical (unpaired) electrons. The molecule has 1 heterocycles. The van der Waals surface area contributed by atoms with E-state index in [9.17, 15) is 0 Å². The van der Waals surface area contributed by atoms with Gasteiger partial charge in [0, 0.05) is 30.2 Å². The molecule has 2 aromatic rings. The zero-order chi connectivity index (χ0) is 15.3. The molecule has 0 aliphatic rings. The van der Waals surface area contributed by atoms with Crippen LogP contribution in [-0.4, -0.2) is 23.3 Å². The minimum atomic E-state index is 0.207. The van der Waals surface area contributed by atoms with Crippen molar-refractivity contribution in [1.82, 2.24) is 9.88 Å². The van der Waals surface area contributed by atoms with Crippen LogP contribution in [0.1, 0.15) is 40.5 Å². The van der Waals surface area contributed by atoms with E-state index in [2.05, 4.69) is 68.0 Å². The number of benzene rings is 1. The van der Waals surface area contributed by atoms with Gasteiger partial charge in [0.1, 0.15) is 5.75 Å². The van der Waals surface area contributed by atoms with Crippen molar-refractivity contribution in [2.24, 2.45) is 0 Å². The third-order valence-electron chi connectivity index (χ3n) is 4.08. The fraction of sp³-hybridized carbons (Fsp3) is 0.556. The summed E-state index contributed by atoms with van der Waals surface area (Å²) in [5.41, 5.74) is 1.46. The molecule has 1 aromatic heterocycles. The average molecular weight is 288 g/mol. The van der Waals surface area contributed by atoms with E-state index in [1.165, 1.54) is 10.9 Å². The van der Waals surface area contributed by atoms with Crippen molar-refractivity contribution in [2.75, 3.05) is 13.2 Å². The molecule has 0 saturated heterocycles. The molecule has 1 N–H and O–H groups in total. The van der Waals surface area contributed by atoms with Crippen LogP contribution in [0.4, 0.5) is 0 Å². The van der Waals surface area contributed by atoms with E-state index in [-0.39, 0.29) is 5.54 Å². The summed E-state index contributed by atoms with van der Waals surface area (Å²) in [4.78, 5) is 0. The topological polar surface area (TPSA) is 26.2 Å². The monoisotopic (exact) mass is 288 g/mol. The van der Waals surface area contributed by atoms with E-state index in [1.807, 2.05) is 0 Å². The molecular formula is C18H28N2O. The van der Waals surface area contributed by atoms with Crippen LogP contribution >= 0.6 is 0 Å². The van der Waals surface area contributed by atoms with Gasteiger partial charge in [0.25, 0.3) is 0 Å². The van der Waals surface area contributed by atoms with Crippen molar-refractivity contribution in [3.05, 3.63) is 30.5 Å². The number of rotatable bonds is 8. The van der Waals surface area contributed by atoms with Crippen LogP contribution in [0, 0.1) is 0 Å². The molecule has 3 nitrogen and oxygen atoms in total. The number of nitrogens with one attached hydrogen (secondary N) is 1. The van der Waals surface area contributed by atoms with Gasteiger partial charge in [-0.1, -0.05) is 19.9 Å². The van der Waals surface area contributed by atoms with Crippen molar-refractivity contribution in [1.29, 1.82) is 0 Å². The number of nitrogens with zero attached hydrogens (tertiary/aromatic N) is 1. The molecule has 0 aliphatic heterocycles. The molecule has 2 rings (SSSR count). The maximum atomic E-state index is 5.83. The first-order valence-electron chi connectivity index (χ1n) is 8.03. The predicted molar refractivity (Wildman–Crippen MR) is 90.1 cm³/mol. The molecule has 0 spiro atoms. The van der Waals surface area contributed by atoms with Crippen LogP contribution < -0.4 is 10.1 Å². The van der Waals surface area contributed by atoms with Crippen LogP contribution in [-0.2, 0) is 6.54 Å². The van der Waals surface area contributed by atoms with Gasteiger partial charge in [0.2, 0.25) is 0 Å². The summed E-state index contributed by atoms with van der Waals surface area (Å²) < 4.78 is 8.13. The van der Waals surface area contributed by atoms with E-state index < -0.39 is 0 Å². The molecule has 0 fully saturated rings. The summed E-state index contributed by atoms with van der Waals surface area (Å²) in [7, 11) is 0. The van der Waals surface area contributed by atoms with E-state index in [1.54, 1.807) is 0 Å². The fourth-order valence-corrected chi connectivity index (χ4v) is 2.37. The Morgan fingerprint density at radius 1 is 1.19 bits per heavy atom. The molecule has 3 heteroatoms. The summed E-state index contributed by atoms with van der Waals surface area (Å²) in [5, 5.41) is 4.82. The Kier molecular flexibility index (Phi) is 5.29. The molecule has 0 amide bonds. The Bertz CT molecular complexity index is 572. The van der Waals surface area contributed by atoms with E-state index in [4.69, 9.17) is 4.74 Å². The number of aromatic nitrogens is 1. The first kappa shape index (κ1) is 15.9. The second kappa shape index (κ2) is 6.99. The summed E-state index contributed by atoms with van der Waals surface area (Å²) >= 11 is 0. The van der Waals surface area contributed by atoms with Crippen LogP contribution in [0.25, 0.3) is 10.9 Å². The van der Waals surface area contributed by atoms with Gasteiger partial charge in [-0.15, -0.1) is 0 Å². The summed E-state index contributed by atoms with van der Waals surface area (Å²) in [6, 6.07) is 8.46. The van der Waals surface area contributed by atoms with Gasteiger partial charge in [-0.2, -0.15) is 0 Å². The van der Waals surface area contributed by atoms with Gasteiger partial charge in [0.05, 0.1) is 12.1 Å². The van der Waals surface area contributed by atoms with E-state index >= 15 is 0 Å². The van der Waals surface area contributed by atoms with Gasteiger partial charge in [-0.3, -0.25) is 0 Å². The van der Waals surface area contributed by atoms with Crippen molar-refractivity contribution in [3.8, 4) is 5.75 Å². The summed E-state index contributed by atoms with van der Waals surface area (Å²) in [6.07, 6.45) is 4.33. The lowest BCUT2D eigenvalue weighted by molar-refractivity contribution is 0.321. The lowest BCUT2D eigenvalue weighted by atomic mass is 10.0. The molecular weight excluding hydrogens is 260 g/mol. The highest BCUT2D eigenvalue weighted by molar-refractivity contribution is 5.86. The standard InChI is InChI=1S/C18H28N2O/c1-5-14-21-17-9-7-8-16-15(17)10-12-20(16)13-11-19-18(3,4)6-2/h7-10,12,19H,5-6,11,13-14H2,1-4H3. The van der Waals surface area contributed by atoms with Gasteiger partial charge in [0.15, 0.2) is 0 Å². The number of fused-ring (bicyclic) bond motifs is 1.